The van der Waals surface area contributed by atoms with Crippen molar-refractivity contribution in [2.24, 2.45) is 5.92 Å². The minimum absolute atomic E-state index is 0.0728. The lowest BCUT2D eigenvalue weighted by Crippen LogP contribution is -2.54. The summed E-state index contributed by atoms with van der Waals surface area (Å²) >= 11 is 0. The summed E-state index contributed by atoms with van der Waals surface area (Å²) in [6.07, 6.45) is 3.25. The Morgan fingerprint density at radius 1 is 1.19 bits per heavy atom. The molecule has 0 unspecified atom stereocenters. The molecule has 1 atom stereocenters. The number of nitrogens with one attached hydrogen (secondary N) is 1. The fourth-order valence-electron chi connectivity index (χ4n) is 3.95. The number of ether oxygens (including phenoxy) is 3. The molecule has 27 heavy (non-hydrogen) atoms. The SMILES string of the molecule is COCCCNC(=O)[C@H]1CCCN(S(=O)(=O)N2CCC3(CC2)OCCO3)C1. The Bertz CT molecular complexity index is 598. The van der Waals surface area contributed by atoms with Gasteiger partial charge in [-0.1, -0.05) is 0 Å². The van der Waals surface area contributed by atoms with Gasteiger partial charge >= 0.3 is 0 Å². The summed E-state index contributed by atoms with van der Waals surface area (Å²) in [4.78, 5) is 12.4. The molecule has 9 nitrogen and oxygen atoms in total. The van der Waals surface area contributed by atoms with E-state index in [4.69, 9.17) is 14.2 Å². The maximum absolute atomic E-state index is 13.0. The molecule has 156 valence electrons. The molecule has 3 heterocycles. The molecule has 3 saturated heterocycles. The highest BCUT2D eigenvalue weighted by Gasteiger charge is 2.44. The van der Waals surface area contributed by atoms with Crippen LogP contribution in [0.25, 0.3) is 0 Å². The molecule has 0 aromatic carbocycles. The second-order valence-corrected chi connectivity index (χ2v) is 9.28. The molecule has 1 N–H and O–H groups in total. The lowest BCUT2D eigenvalue weighted by Gasteiger charge is -2.40. The normalized spacial score (nSPS) is 27.1. The third-order valence-electron chi connectivity index (χ3n) is 5.53. The Morgan fingerprint density at radius 3 is 2.56 bits per heavy atom. The lowest BCUT2D eigenvalue weighted by molar-refractivity contribution is -0.179. The van der Waals surface area contributed by atoms with Crippen LogP contribution in [0.2, 0.25) is 0 Å². The topological polar surface area (TPSA) is 97.4 Å². The number of carbonyl (C=O) groups is 1. The van der Waals surface area contributed by atoms with Crippen LogP contribution in [0.1, 0.15) is 32.1 Å². The van der Waals surface area contributed by atoms with Gasteiger partial charge in [-0.2, -0.15) is 17.0 Å². The highest BCUT2D eigenvalue weighted by Crippen LogP contribution is 2.33. The zero-order chi connectivity index (χ0) is 19.3. The van der Waals surface area contributed by atoms with E-state index in [0.717, 1.165) is 6.42 Å². The van der Waals surface area contributed by atoms with Crippen molar-refractivity contribution in [2.45, 2.75) is 37.9 Å². The average molecular weight is 406 g/mol. The molecular weight excluding hydrogens is 374 g/mol. The Kier molecular flexibility index (Phi) is 7.09. The fraction of sp³-hybridized carbons (Fsp3) is 0.941. The molecule has 3 aliphatic rings. The minimum atomic E-state index is -3.57. The molecular formula is C17H31N3O6S. The number of methoxy groups -OCH3 is 1. The van der Waals surface area contributed by atoms with Crippen molar-refractivity contribution >= 4 is 16.1 Å². The molecule has 0 aromatic heterocycles. The van der Waals surface area contributed by atoms with Crippen LogP contribution in [0.4, 0.5) is 0 Å². The van der Waals surface area contributed by atoms with Crippen LogP contribution in [-0.4, -0.2) is 88.4 Å². The van der Waals surface area contributed by atoms with Gasteiger partial charge in [0.15, 0.2) is 5.79 Å². The van der Waals surface area contributed by atoms with Crippen LogP contribution in [0.3, 0.4) is 0 Å². The summed E-state index contributed by atoms with van der Waals surface area (Å²) in [6.45, 7) is 3.75. The fourth-order valence-corrected chi connectivity index (χ4v) is 5.64. The molecule has 0 aliphatic carbocycles. The van der Waals surface area contributed by atoms with Crippen molar-refractivity contribution in [1.82, 2.24) is 13.9 Å². The first-order valence-electron chi connectivity index (χ1n) is 9.77. The van der Waals surface area contributed by atoms with Gasteiger partial charge in [0.2, 0.25) is 5.91 Å². The first-order valence-corrected chi connectivity index (χ1v) is 11.2. The molecule has 0 radical (unpaired) electrons. The summed E-state index contributed by atoms with van der Waals surface area (Å²) in [5, 5.41) is 2.88. The van der Waals surface area contributed by atoms with Crippen molar-refractivity contribution < 1.29 is 27.4 Å². The van der Waals surface area contributed by atoms with Crippen LogP contribution in [0, 0.1) is 5.92 Å². The Balaban J connectivity index is 1.52. The van der Waals surface area contributed by atoms with E-state index in [1.165, 1.54) is 8.61 Å². The van der Waals surface area contributed by atoms with Crippen LogP contribution in [-0.2, 0) is 29.2 Å². The number of hydrogen-bond donors (Lipinski definition) is 1. The molecule has 3 aliphatic heterocycles. The van der Waals surface area contributed by atoms with Gasteiger partial charge in [0.25, 0.3) is 10.2 Å². The Hall–Kier alpha value is -0.780. The second-order valence-electron chi connectivity index (χ2n) is 7.35. The van der Waals surface area contributed by atoms with Gasteiger partial charge in [-0.25, -0.2) is 0 Å². The van der Waals surface area contributed by atoms with Gasteiger partial charge < -0.3 is 19.5 Å². The van der Waals surface area contributed by atoms with Crippen molar-refractivity contribution in [3.63, 3.8) is 0 Å². The maximum Gasteiger partial charge on any atom is 0.282 e. The number of carbonyl (C=O) groups excluding carboxylic acids is 1. The van der Waals surface area contributed by atoms with Crippen molar-refractivity contribution in [2.75, 3.05) is 59.7 Å². The highest BCUT2D eigenvalue weighted by molar-refractivity contribution is 7.86. The summed E-state index contributed by atoms with van der Waals surface area (Å²) in [7, 11) is -1.95. The third kappa shape index (κ3) is 4.99. The smallest absolute Gasteiger partial charge is 0.282 e. The predicted octanol–water partition coefficient (Wildman–Crippen LogP) is -0.0652. The standard InChI is InChI=1S/C17H31N3O6S/c1-24-11-3-7-18-16(21)15-4-2-8-20(14-15)27(22,23)19-9-5-17(6-10-19)25-12-13-26-17/h15H,2-14H2,1H3,(H,18,21)/t15-/m0/s1. The van der Waals surface area contributed by atoms with E-state index in [0.29, 0.717) is 71.7 Å². The summed E-state index contributed by atoms with van der Waals surface area (Å²) in [5.41, 5.74) is 0. The van der Waals surface area contributed by atoms with Gasteiger partial charge in [0.1, 0.15) is 0 Å². The highest BCUT2D eigenvalue weighted by atomic mass is 32.2. The summed E-state index contributed by atoms with van der Waals surface area (Å²) < 4.78 is 45.3. The van der Waals surface area contributed by atoms with Crippen LogP contribution in [0.15, 0.2) is 0 Å². The van der Waals surface area contributed by atoms with Crippen LogP contribution < -0.4 is 5.32 Å². The lowest BCUT2D eigenvalue weighted by atomic mass is 9.99. The summed E-state index contributed by atoms with van der Waals surface area (Å²) in [6, 6.07) is 0. The van der Waals surface area contributed by atoms with E-state index in [9.17, 15) is 13.2 Å². The van der Waals surface area contributed by atoms with E-state index in [1.807, 2.05) is 0 Å². The molecule has 10 heteroatoms. The van der Waals surface area contributed by atoms with Gasteiger partial charge in [-0.15, -0.1) is 0 Å². The van der Waals surface area contributed by atoms with E-state index in [2.05, 4.69) is 5.32 Å². The Morgan fingerprint density at radius 2 is 1.89 bits per heavy atom. The third-order valence-corrected chi connectivity index (χ3v) is 7.53. The molecule has 0 saturated carbocycles. The molecule has 1 amide bonds. The van der Waals surface area contributed by atoms with Gasteiger partial charge in [-0.05, 0) is 19.3 Å². The van der Waals surface area contributed by atoms with E-state index in [1.54, 1.807) is 7.11 Å². The summed E-state index contributed by atoms with van der Waals surface area (Å²) in [5.74, 6) is -0.969. The molecule has 1 spiro atoms. The van der Waals surface area contributed by atoms with Gasteiger partial charge in [-0.3, -0.25) is 4.79 Å². The van der Waals surface area contributed by atoms with E-state index < -0.39 is 16.0 Å². The van der Waals surface area contributed by atoms with Crippen molar-refractivity contribution in [3.8, 4) is 0 Å². The second kappa shape index (κ2) is 9.15. The Labute approximate surface area is 161 Å². The monoisotopic (exact) mass is 405 g/mol. The number of nitrogens with zero attached hydrogens (tertiary/aromatic N) is 2. The van der Waals surface area contributed by atoms with Crippen molar-refractivity contribution in [1.29, 1.82) is 0 Å². The largest absolute Gasteiger partial charge is 0.385 e. The number of rotatable bonds is 7. The first-order chi connectivity index (χ1) is 13.0. The average Bonchev–Trinajstić information content (AvgIpc) is 3.13. The molecule has 3 rings (SSSR count). The predicted molar refractivity (Wildman–Crippen MR) is 98.2 cm³/mol. The van der Waals surface area contributed by atoms with Gasteiger partial charge in [0.05, 0.1) is 19.1 Å². The number of amides is 1. The molecule has 3 fully saturated rings. The van der Waals surface area contributed by atoms with Crippen LogP contribution >= 0.6 is 0 Å². The number of hydrogen-bond acceptors (Lipinski definition) is 6. The van der Waals surface area contributed by atoms with Gasteiger partial charge in [0, 0.05) is 59.3 Å². The number of piperidine rings is 2. The zero-order valence-corrected chi connectivity index (χ0v) is 16.8. The quantitative estimate of drug-likeness (QED) is 0.596. The first kappa shape index (κ1) is 20.9. The minimum Gasteiger partial charge on any atom is -0.385 e. The molecule has 0 aromatic rings. The maximum atomic E-state index is 13.0. The molecule has 0 bridgehead atoms. The zero-order valence-electron chi connectivity index (χ0n) is 16.0. The van der Waals surface area contributed by atoms with Crippen molar-refractivity contribution in [3.05, 3.63) is 0 Å². The van der Waals surface area contributed by atoms with Crippen LogP contribution in [0.5, 0.6) is 0 Å². The van der Waals surface area contributed by atoms with E-state index in [-0.39, 0.29) is 18.4 Å². The van der Waals surface area contributed by atoms with E-state index >= 15 is 0 Å².